The van der Waals surface area contributed by atoms with E-state index < -0.39 is 0 Å². The number of rotatable bonds is 2. The van der Waals surface area contributed by atoms with E-state index in [9.17, 15) is 0 Å². The Balaban J connectivity index is 2.25. The molecule has 0 amide bonds. The number of nitrogens with two attached hydrogens (primary N) is 1. The summed E-state index contributed by atoms with van der Waals surface area (Å²) in [5.74, 6) is 0.621. The molecule has 2 N–H and O–H groups in total. The molecule has 2 aromatic carbocycles. The number of aryl methyl sites for hydroxylation is 2. The Morgan fingerprint density at radius 2 is 1.90 bits per heavy atom. The highest BCUT2D eigenvalue weighted by Crippen LogP contribution is 2.29. The van der Waals surface area contributed by atoms with Gasteiger partial charge in [0.05, 0.1) is 10.7 Å². The molecule has 3 aromatic rings. The van der Waals surface area contributed by atoms with Crippen molar-refractivity contribution in [2.45, 2.75) is 13.8 Å². The predicted molar refractivity (Wildman–Crippen MR) is 83.5 cm³/mol. The van der Waals surface area contributed by atoms with E-state index in [0.717, 1.165) is 22.4 Å². The summed E-state index contributed by atoms with van der Waals surface area (Å²) in [4.78, 5) is 0. The molecule has 0 radical (unpaired) electrons. The zero-order chi connectivity index (χ0) is 15.0. The first kappa shape index (κ1) is 13.6. The van der Waals surface area contributed by atoms with Crippen LogP contribution in [0.15, 0.2) is 36.4 Å². The molecule has 1 heterocycles. The second kappa shape index (κ2) is 5.18. The number of hydrogen-bond acceptors (Lipinski definition) is 4. The molecule has 0 aliphatic heterocycles. The van der Waals surface area contributed by atoms with Gasteiger partial charge in [-0.2, -0.15) is 4.68 Å². The average Bonchev–Trinajstić information content (AvgIpc) is 2.90. The van der Waals surface area contributed by atoms with Crippen LogP contribution in [0.4, 0.5) is 5.69 Å². The monoisotopic (exact) mass is 299 g/mol. The van der Waals surface area contributed by atoms with Crippen molar-refractivity contribution in [2.24, 2.45) is 0 Å². The maximum atomic E-state index is 6.31. The molecule has 21 heavy (non-hydrogen) atoms. The molecule has 0 aliphatic rings. The zero-order valence-electron chi connectivity index (χ0n) is 11.7. The lowest BCUT2D eigenvalue weighted by molar-refractivity contribution is 0.787. The Labute approximate surface area is 127 Å². The lowest BCUT2D eigenvalue weighted by Crippen LogP contribution is -2.04. The maximum Gasteiger partial charge on any atom is 0.187 e. The minimum atomic E-state index is 0.602. The molecular formula is C15H14ClN5. The Morgan fingerprint density at radius 3 is 2.67 bits per heavy atom. The minimum absolute atomic E-state index is 0.602. The molecule has 0 saturated carbocycles. The number of nitrogens with zero attached hydrogens (tertiary/aromatic N) is 4. The molecule has 5 nitrogen and oxygen atoms in total. The first-order chi connectivity index (χ1) is 10.1. The lowest BCUT2D eigenvalue weighted by atomic mass is 10.1. The fourth-order valence-electron chi connectivity index (χ4n) is 2.28. The van der Waals surface area contributed by atoms with Crippen LogP contribution in [-0.2, 0) is 0 Å². The molecule has 0 saturated heterocycles. The number of tetrazole rings is 1. The van der Waals surface area contributed by atoms with E-state index in [1.54, 1.807) is 4.68 Å². The van der Waals surface area contributed by atoms with Crippen molar-refractivity contribution in [2.75, 3.05) is 5.73 Å². The smallest absolute Gasteiger partial charge is 0.187 e. The third-order valence-corrected chi connectivity index (χ3v) is 3.68. The van der Waals surface area contributed by atoms with Crippen molar-refractivity contribution in [3.8, 4) is 17.1 Å². The predicted octanol–water partition coefficient (Wildman–Crippen LogP) is 3.18. The Morgan fingerprint density at radius 1 is 1.10 bits per heavy atom. The van der Waals surface area contributed by atoms with Gasteiger partial charge < -0.3 is 5.73 Å². The van der Waals surface area contributed by atoms with Crippen LogP contribution in [0.2, 0.25) is 5.02 Å². The summed E-state index contributed by atoms with van der Waals surface area (Å²) in [7, 11) is 0. The van der Waals surface area contributed by atoms with E-state index in [4.69, 9.17) is 17.3 Å². The fraction of sp³-hybridized carbons (Fsp3) is 0.133. The van der Waals surface area contributed by atoms with Gasteiger partial charge in [-0.05, 0) is 53.6 Å². The molecule has 106 valence electrons. The molecule has 0 bridgehead atoms. The van der Waals surface area contributed by atoms with Crippen molar-refractivity contribution >= 4 is 17.3 Å². The van der Waals surface area contributed by atoms with E-state index >= 15 is 0 Å². The highest BCUT2D eigenvalue weighted by atomic mass is 35.5. The summed E-state index contributed by atoms with van der Waals surface area (Å²) >= 11 is 6.31. The summed E-state index contributed by atoms with van der Waals surface area (Å²) in [6.45, 7) is 3.96. The van der Waals surface area contributed by atoms with Crippen LogP contribution in [0.5, 0.6) is 0 Å². The second-order valence-corrected chi connectivity index (χ2v) is 5.30. The van der Waals surface area contributed by atoms with E-state index in [1.165, 1.54) is 0 Å². The van der Waals surface area contributed by atoms with Gasteiger partial charge in [0.15, 0.2) is 5.82 Å². The highest BCUT2D eigenvalue weighted by molar-refractivity contribution is 6.32. The molecule has 0 unspecified atom stereocenters. The first-order valence-corrected chi connectivity index (χ1v) is 6.86. The van der Waals surface area contributed by atoms with Crippen LogP contribution < -0.4 is 5.73 Å². The van der Waals surface area contributed by atoms with Gasteiger partial charge in [0, 0.05) is 11.3 Å². The molecule has 6 heteroatoms. The van der Waals surface area contributed by atoms with Gasteiger partial charge in [0.2, 0.25) is 0 Å². The van der Waals surface area contributed by atoms with E-state index in [-0.39, 0.29) is 0 Å². The van der Waals surface area contributed by atoms with Crippen molar-refractivity contribution < 1.29 is 0 Å². The molecule has 0 aliphatic carbocycles. The van der Waals surface area contributed by atoms with Crippen molar-refractivity contribution in [1.82, 2.24) is 20.2 Å². The van der Waals surface area contributed by atoms with Gasteiger partial charge in [-0.15, -0.1) is 5.10 Å². The molecular weight excluding hydrogens is 286 g/mol. The fourth-order valence-corrected chi connectivity index (χ4v) is 2.58. The third-order valence-electron chi connectivity index (χ3n) is 3.37. The first-order valence-electron chi connectivity index (χ1n) is 6.48. The van der Waals surface area contributed by atoms with Gasteiger partial charge in [0.1, 0.15) is 0 Å². The van der Waals surface area contributed by atoms with Crippen LogP contribution in [0.3, 0.4) is 0 Å². The topological polar surface area (TPSA) is 69.6 Å². The third kappa shape index (κ3) is 2.36. The van der Waals surface area contributed by atoms with E-state index in [2.05, 4.69) is 15.5 Å². The molecule has 0 fully saturated rings. The number of benzene rings is 2. The maximum absolute atomic E-state index is 6.31. The highest BCUT2D eigenvalue weighted by Gasteiger charge is 2.16. The molecule has 3 rings (SSSR count). The normalized spacial score (nSPS) is 10.8. The largest absolute Gasteiger partial charge is 0.399 e. The Bertz CT molecular complexity index is 789. The number of anilines is 1. The van der Waals surface area contributed by atoms with Crippen molar-refractivity contribution in [3.63, 3.8) is 0 Å². The van der Waals surface area contributed by atoms with Crippen LogP contribution in [0, 0.1) is 13.8 Å². The van der Waals surface area contributed by atoms with Crippen LogP contribution in [0.1, 0.15) is 11.1 Å². The summed E-state index contributed by atoms with van der Waals surface area (Å²) in [6, 6.07) is 11.4. The number of halogens is 1. The summed E-state index contributed by atoms with van der Waals surface area (Å²) in [5.41, 5.74) is 10.3. The van der Waals surface area contributed by atoms with Gasteiger partial charge in [-0.3, -0.25) is 0 Å². The molecule has 0 spiro atoms. The van der Waals surface area contributed by atoms with Crippen molar-refractivity contribution in [3.05, 3.63) is 52.5 Å². The average molecular weight is 300 g/mol. The van der Waals surface area contributed by atoms with Crippen LogP contribution >= 0.6 is 11.6 Å². The summed E-state index contributed by atoms with van der Waals surface area (Å²) in [6.07, 6.45) is 0. The standard InChI is InChI=1S/C15H14ClN5/c1-9-6-7-11(17)8-12(9)15-18-19-20-21(15)14-10(2)4-3-5-13(14)16/h3-8H,17H2,1-2H3. The quantitative estimate of drug-likeness (QED) is 0.738. The number of nitrogen functional groups attached to an aromatic ring is 1. The van der Waals surface area contributed by atoms with Crippen LogP contribution in [-0.4, -0.2) is 20.2 Å². The Kier molecular flexibility index (Phi) is 3.35. The minimum Gasteiger partial charge on any atom is -0.399 e. The number of aromatic nitrogens is 4. The van der Waals surface area contributed by atoms with Gasteiger partial charge in [-0.25, -0.2) is 0 Å². The van der Waals surface area contributed by atoms with E-state index in [1.807, 2.05) is 50.2 Å². The molecule has 0 atom stereocenters. The van der Waals surface area contributed by atoms with Gasteiger partial charge in [0.25, 0.3) is 0 Å². The number of hydrogen-bond donors (Lipinski definition) is 1. The SMILES string of the molecule is Cc1ccc(N)cc1-c1nnnn1-c1c(C)cccc1Cl. The summed E-state index contributed by atoms with van der Waals surface area (Å²) in [5, 5.41) is 12.6. The van der Waals surface area contributed by atoms with E-state index in [0.29, 0.717) is 16.5 Å². The lowest BCUT2D eigenvalue weighted by Gasteiger charge is -2.11. The second-order valence-electron chi connectivity index (χ2n) is 4.89. The van der Waals surface area contributed by atoms with Crippen molar-refractivity contribution in [1.29, 1.82) is 0 Å². The Hall–Kier alpha value is -2.40. The summed E-state index contributed by atoms with van der Waals surface area (Å²) < 4.78 is 1.65. The van der Waals surface area contributed by atoms with Crippen LogP contribution in [0.25, 0.3) is 17.1 Å². The number of para-hydroxylation sites is 1. The molecule has 1 aromatic heterocycles. The van der Waals surface area contributed by atoms with Gasteiger partial charge in [-0.1, -0.05) is 29.8 Å². The zero-order valence-corrected chi connectivity index (χ0v) is 12.5. The van der Waals surface area contributed by atoms with Gasteiger partial charge >= 0.3 is 0 Å².